The lowest BCUT2D eigenvalue weighted by molar-refractivity contribution is 0.0606. The zero-order valence-electron chi connectivity index (χ0n) is 12.8. The lowest BCUT2D eigenvalue weighted by Gasteiger charge is -2.44. The SMILES string of the molecule is O=C(NC1CN2CCC1CC2)c1ccc(-c2ccccc2F)o1. The van der Waals surface area contributed by atoms with Crippen LogP contribution in [0.15, 0.2) is 40.8 Å². The quantitative estimate of drug-likeness (QED) is 0.947. The van der Waals surface area contributed by atoms with Gasteiger partial charge in [-0.05, 0) is 56.1 Å². The van der Waals surface area contributed by atoms with Crippen LogP contribution in [0.3, 0.4) is 0 Å². The van der Waals surface area contributed by atoms with Gasteiger partial charge in [0.15, 0.2) is 5.76 Å². The highest BCUT2D eigenvalue weighted by Gasteiger charge is 2.35. The maximum Gasteiger partial charge on any atom is 0.287 e. The lowest BCUT2D eigenvalue weighted by atomic mass is 9.84. The van der Waals surface area contributed by atoms with Crippen LogP contribution in [0.25, 0.3) is 11.3 Å². The van der Waals surface area contributed by atoms with Gasteiger partial charge >= 0.3 is 0 Å². The maximum absolute atomic E-state index is 13.8. The van der Waals surface area contributed by atoms with Crippen LogP contribution in [-0.4, -0.2) is 36.5 Å². The molecule has 2 aromatic rings. The largest absolute Gasteiger partial charge is 0.451 e. The normalized spacial score (nSPS) is 26.2. The van der Waals surface area contributed by atoms with Gasteiger partial charge in [0.25, 0.3) is 5.91 Å². The molecule has 3 fully saturated rings. The third-order valence-electron chi connectivity index (χ3n) is 4.94. The summed E-state index contributed by atoms with van der Waals surface area (Å²) in [4.78, 5) is 14.8. The molecule has 2 bridgehead atoms. The van der Waals surface area contributed by atoms with Crippen LogP contribution in [0.1, 0.15) is 23.4 Å². The standard InChI is InChI=1S/C18H19FN2O2/c19-14-4-2-1-3-13(14)16-5-6-17(23-16)18(22)20-15-11-21-9-7-12(15)8-10-21/h1-6,12,15H,7-11H2,(H,20,22). The number of rotatable bonds is 3. The van der Waals surface area contributed by atoms with Crippen LogP contribution >= 0.6 is 0 Å². The monoisotopic (exact) mass is 314 g/mol. The molecule has 1 amide bonds. The zero-order valence-corrected chi connectivity index (χ0v) is 12.8. The number of carbonyl (C=O) groups excluding carboxylic acids is 1. The topological polar surface area (TPSA) is 45.5 Å². The Morgan fingerprint density at radius 3 is 2.65 bits per heavy atom. The van der Waals surface area contributed by atoms with Gasteiger partial charge in [0.1, 0.15) is 11.6 Å². The summed E-state index contributed by atoms with van der Waals surface area (Å²) in [5.74, 6) is 0.601. The van der Waals surface area contributed by atoms with Crippen molar-refractivity contribution in [1.82, 2.24) is 10.2 Å². The Labute approximate surface area is 134 Å². The fraction of sp³-hybridized carbons (Fsp3) is 0.389. The fourth-order valence-corrected chi connectivity index (χ4v) is 3.63. The number of amides is 1. The van der Waals surface area contributed by atoms with Crippen LogP contribution < -0.4 is 5.32 Å². The third kappa shape index (κ3) is 2.77. The van der Waals surface area contributed by atoms with Crippen LogP contribution in [-0.2, 0) is 0 Å². The summed E-state index contributed by atoms with van der Waals surface area (Å²) in [6.07, 6.45) is 2.28. The molecule has 4 heterocycles. The Morgan fingerprint density at radius 2 is 1.96 bits per heavy atom. The molecular weight excluding hydrogens is 295 g/mol. The summed E-state index contributed by atoms with van der Waals surface area (Å²) in [5.41, 5.74) is 0.370. The van der Waals surface area contributed by atoms with E-state index in [-0.39, 0.29) is 23.5 Å². The second-order valence-electron chi connectivity index (χ2n) is 6.36. The van der Waals surface area contributed by atoms with Crippen molar-refractivity contribution in [3.8, 4) is 11.3 Å². The second kappa shape index (κ2) is 5.81. The van der Waals surface area contributed by atoms with Crippen molar-refractivity contribution in [1.29, 1.82) is 0 Å². The van der Waals surface area contributed by atoms with Gasteiger partial charge in [-0.3, -0.25) is 4.79 Å². The Kier molecular flexibility index (Phi) is 3.65. The number of hydrogen-bond donors (Lipinski definition) is 1. The molecule has 5 heteroatoms. The van der Waals surface area contributed by atoms with E-state index in [2.05, 4.69) is 10.2 Å². The van der Waals surface area contributed by atoms with E-state index in [0.29, 0.717) is 17.2 Å². The molecule has 0 saturated carbocycles. The van der Waals surface area contributed by atoms with E-state index in [1.165, 1.54) is 6.07 Å². The highest BCUT2D eigenvalue weighted by Crippen LogP contribution is 2.28. The van der Waals surface area contributed by atoms with E-state index < -0.39 is 0 Å². The van der Waals surface area contributed by atoms with Crippen LogP contribution in [0, 0.1) is 11.7 Å². The summed E-state index contributed by atoms with van der Waals surface area (Å²) in [5, 5.41) is 3.08. The van der Waals surface area contributed by atoms with Gasteiger partial charge in [0.05, 0.1) is 5.56 Å². The predicted molar refractivity (Wildman–Crippen MR) is 84.5 cm³/mol. The molecule has 0 radical (unpaired) electrons. The molecule has 23 heavy (non-hydrogen) atoms. The molecule has 5 rings (SSSR count). The maximum atomic E-state index is 13.8. The molecule has 0 aliphatic carbocycles. The van der Waals surface area contributed by atoms with E-state index >= 15 is 0 Å². The van der Waals surface area contributed by atoms with Crippen molar-refractivity contribution in [2.45, 2.75) is 18.9 Å². The van der Waals surface area contributed by atoms with Gasteiger partial charge in [-0.25, -0.2) is 4.39 Å². The fourth-order valence-electron chi connectivity index (χ4n) is 3.63. The minimum atomic E-state index is -0.355. The number of benzene rings is 1. The molecule has 4 nitrogen and oxygen atoms in total. The molecule has 1 aromatic heterocycles. The average Bonchev–Trinajstić information content (AvgIpc) is 3.06. The Bertz CT molecular complexity index is 719. The first kappa shape index (κ1) is 14.5. The lowest BCUT2D eigenvalue weighted by Crippen LogP contribution is -2.57. The van der Waals surface area contributed by atoms with Gasteiger partial charge < -0.3 is 14.6 Å². The number of piperidine rings is 3. The number of carbonyl (C=O) groups is 1. The Hall–Kier alpha value is -2.14. The van der Waals surface area contributed by atoms with Crippen molar-refractivity contribution >= 4 is 5.91 Å². The van der Waals surface area contributed by atoms with Crippen LogP contribution in [0.2, 0.25) is 0 Å². The van der Waals surface area contributed by atoms with E-state index in [1.807, 2.05) is 0 Å². The summed E-state index contributed by atoms with van der Waals surface area (Å²) in [6, 6.07) is 9.83. The first-order chi connectivity index (χ1) is 11.2. The van der Waals surface area contributed by atoms with Crippen molar-refractivity contribution < 1.29 is 13.6 Å². The smallest absolute Gasteiger partial charge is 0.287 e. The van der Waals surface area contributed by atoms with Gasteiger partial charge in [-0.2, -0.15) is 0 Å². The van der Waals surface area contributed by atoms with Gasteiger partial charge in [-0.15, -0.1) is 0 Å². The molecule has 3 aliphatic heterocycles. The number of halogens is 1. The molecule has 1 unspecified atom stereocenters. The highest BCUT2D eigenvalue weighted by atomic mass is 19.1. The van der Waals surface area contributed by atoms with Crippen molar-refractivity contribution in [3.05, 3.63) is 48.0 Å². The minimum Gasteiger partial charge on any atom is -0.451 e. The summed E-state index contributed by atoms with van der Waals surface area (Å²) in [7, 11) is 0. The number of furan rings is 1. The molecular formula is C18H19FN2O2. The van der Waals surface area contributed by atoms with Crippen molar-refractivity contribution in [3.63, 3.8) is 0 Å². The molecule has 1 atom stereocenters. The molecule has 1 aromatic carbocycles. The summed E-state index contributed by atoms with van der Waals surface area (Å²) < 4.78 is 19.4. The van der Waals surface area contributed by atoms with Gasteiger partial charge in [-0.1, -0.05) is 12.1 Å². The first-order valence-electron chi connectivity index (χ1n) is 8.08. The number of hydrogen-bond acceptors (Lipinski definition) is 3. The third-order valence-corrected chi connectivity index (χ3v) is 4.94. The van der Waals surface area contributed by atoms with E-state index in [0.717, 1.165) is 32.5 Å². The van der Waals surface area contributed by atoms with E-state index in [4.69, 9.17) is 4.42 Å². The Morgan fingerprint density at radius 1 is 1.17 bits per heavy atom. The number of nitrogens with one attached hydrogen (secondary N) is 1. The predicted octanol–water partition coefficient (Wildman–Crippen LogP) is 2.91. The Balaban J connectivity index is 1.48. The van der Waals surface area contributed by atoms with Gasteiger partial charge in [0, 0.05) is 12.6 Å². The molecule has 120 valence electrons. The van der Waals surface area contributed by atoms with E-state index in [9.17, 15) is 9.18 Å². The van der Waals surface area contributed by atoms with E-state index in [1.54, 1.807) is 30.3 Å². The number of nitrogens with zero attached hydrogens (tertiary/aromatic N) is 1. The number of fused-ring (bicyclic) bond motifs is 3. The summed E-state index contributed by atoms with van der Waals surface area (Å²) in [6.45, 7) is 3.18. The first-order valence-corrected chi connectivity index (χ1v) is 8.08. The van der Waals surface area contributed by atoms with Gasteiger partial charge in [0.2, 0.25) is 0 Å². The second-order valence-corrected chi connectivity index (χ2v) is 6.36. The molecule has 3 saturated heterocycles. The summed E-state index contributed by atoms with van der Waals surface area (Å²) >= 11 is 0. The highest BCUT2D eigenvalue weighted by molar-refractivity contribution is 5.92. The zero-order chi connectivity index (χ0) is 15.8. The molecule has 0 spiro atoms. The van der Waals surface area contributed by atoms with Crippen LogP contribution in [0.5, 0.6) is 0 Å². The molecule has 1 N–H and O–H groups in total. The minimum absolute atomic E-state index is 0.187. The molecule has 3 aliphatic rings. The average molecular weight is 314 g/mol. The van der Waals surface area contributed by atoms with Crippen molar-refractivity contribution in [2.24, 2.45) is 5.92 Å². The van der Waals surface area contributed by atoms with Crippen LogP contribution in [0.4, 0.5) is 4.39 Å². The van der Waals surface area contributed by atoms with Crippen molar-refractivity contribution in [2.75, 3.05) is 19.6 Å².